The summed E-state index contributed by atoms with van der Waals surface area (Å²) in [5.41, 5.74) is 2.08. The molecule has 0 aliphatic heterocycles. The van der Waals surface area contributed by atoms with Gasteiger partial charge in [0.25, 0.3) is 0 Å². The fourth-order valence-electron chi connectivity index (χ4n) is 2.10. The SMILES string of the molecule is COc1cc(Cl)c(C)cc1NC(=O)CC(O)c1ccccc1. The van der Waals surface area contributed by atoms with Crippen LogP contribution in [0.25, 0.3) is 0 Å². The Kier molecular flexibility index (Phi) is 5.41. The van der Waals surface area contributed by atoms with E-state index in [4.69, 9.17) is 16.3 Å². The molecule has 1 amide bonds. The highest BCUT2D eigenvalue weighted by molar-refractivity contribution is 6.31. The number of aliphatic hydroxyl groups is 1. The monoisotopic (exact) mass is 319 g/mol. The molecule has 4 nitrogen and oxygen atoms in total. The maximum absolute atomic E-state index is 12.1. The van der Waals surface area contributed by atoms with Gasteiger partial charge in [-0.05, 0) is 24.1 Å². The summed E-state index contributed by atoms with van der Waals surface area (Å²) < 4.78 is 5.21. The number of anilines is 1. The summed E-state index contributed by atoms with van der Waals surface area (Å²) >= 11 is 6.03. The standard InChI is InChI=1S/C17H18ClNO3/c1-11-8-14(16(22-2)9-13(11)18)19-17(21)10-15(20)12-6-4-3-5-7-12/h3-9,15,20H,10H2,1-2H3,(H,19,21). The van der Waals surface area contributed by atoms with Gasteiger partial charge < -0.3 is 15.2 Å². The lowest BCUT2D eigenvalue weighted by molar-refractivity contribution is -0.118. The zero-order valence-electron chi connectivity index (χ0n) is 12.5. The predicted octanol–water partition coefficient (Wildman–Crippen LogP) is 3.72. The first-order chi connectivity index (χ1) is 10.5. The second kappa shape index (κ2) is 7.29. The number of nitrogens with one attached hydrogen (secondary N) is 1. The third-order valence-electron chi connectivity index (χ3n) is 3.32. The van der Waals surface area contributed by atoms with Crippen LogP contribution in [0.15, 0.2) is 42.5 Å². The van der Waals surface area contributed by atoms with Crippen LogP contribution in [0.3, 0.4) is 0 Å². The molecule has 2 rings (SSSR count). The molecule has 5 heteroatoms. The minimum Gasteiger partial charge on any atom is -0.495 e. The molecule has 0 aromatic heterocycles. The van der Waals surface area contributed by atoms with Crippen LogP contribution in [0.1, 0.15) is 23.7 Å². The van der Waals surface area contributed by atoms with Crippen LogP contribution in [0.2, 0.25) is 5.02 Å². The van der Waals surface area contributed by atoms with E-state index in [0.29, 0.717) is 22.0 Å². The number of rotatable bonds is 5. The van der Waals surface area contributed by atoms with E-state index in [9.17, 15) is 9.90 Å². The second-order valence-electron chi connectivity index (χ2n) is 4.98. The van der Waals surface area contributed by atoms with Gasteiger partial charge in [-0.25, -0.2) is 0 Å². The fraction of sp³-hybridized carbons (Fsp3) is 0.235. The Morgan fingerprint density at radius 2 is 2.00 bits per heavy atom. The fourth-order valence-corrected chi connectivity index (χ4v) is 2.25. The van der Waals surface area contributed by atoms with Crippen LogP contribution in [-0.2, 0) is 4.79 Å². The number of amides is 1. The van der Waals surface area contributed by atoms with Gasteiger partial charge in [0.15, 0.2) is 0 Å². The Balaban J connectivity index is 2.08. The minimum atomic E-state index is -0.847. The zero-order valence-corrected chi connectivity index (χ0v) is 13.2. The molecule has 1 unspecified atom stereocenters. The van der Waals surface area contributed by atoms with E-state index < -0.39 is 6.10 Å². The van der Waals surface area contributed by atoms with Gasteiger partial charge in [-0.15, -0.1) is 0 Å². The highest BCUT2D eigenvalue weighted by Crippen LogP contribution is 2.31. The smallest absolute Gasteiger partial charge is 0.227 e. The van der Waals surface area contributed by atoms with Gasteiger partial charge in [0, 0.05) is 11.1 Å². The van der Waals surface area contributed by atoms with E-state index in [0.717, 1.165) is 5.56 Å². The van der Waals surface area contributed by atoms with E-state index in [2.05, 4.69) is 5.32 Å². The minimum absolute atomic E-state index is 0.0329. The maximum atomic E-state index is 12.1. The summed E-state index contributed by atoms with van der Waals surface area (Å²) in [6.07, 6.45) is -0.880. The number of carbonyl (C=O) groups is 1. The van der Waals surface area contributed by atoms with Crippen molar-refractivity contribution in [2.75, 3.05) is 12.4 Å². The average Bonchev–Trinajstić information content (AvgIpc) is 2.51. The maximum Gasteiger partial charge on any atom is 0.227 e. The van der Waals surface area contributed by atoms with Crippen molar-refractivity contribution in [2.24, 2.45) is 0 Å². The van der Waals surface area contributed by atoms with E-state index in [1.54, 1.807) is 24.3 Å². The Labute approximate surface area is 134 Å². The summed E-state index contributed by atoms with van der Waals surface area (Å²) in [5.74, 6) is 0.189. The Bertz CT molecular complexity index is 658. The molecule has 0 saturated heterocycles. The number of aliphatic hydroxyl groups excluding tert-OH is 1. The number of ether oxygens (including phenoxy) is 1. The van der Waals surface area contributed by atoms with Crippen molar-refractivity contribution in [1.82, 2.24) is 0 Å². The number of hydrogen-bond donors (Lipinski definition) is 2. The average molecular weight is 320 g/mol. The molecule has 2 aromatic rings. The number of benzene rings is 2. The van der Waals surface area contributed by atoms with E-state index in [-0.39, 0.29) is 12.3 Å². The summed E-state index contributed by atoms with van der Waals surface area (Å²) in [4.78, 5) is 12.1. The first-order valence-corrected chi connectivity index (χ1v) is 7.26. The lowest BCUT2D eigenvalue weighted by Gasteiger charge is -2.14. The summed E-state index contributed by atoms with van der Waals surface area (Å²) in [6, 6.07) is 12.5. The zero-order chi connectivity index (χ0) is 16.1. The topological polar surface area (TPSA) is 58.6 Å². The summed E-state index contributed by atoms with van der Waals surface area (Å²) in [5, 5.41) is 13.4. The third kappa shape index (κ3) is 4.00. The van der Waals surface area contributed by atoms with E-state index in [1.807, 2.05) is 25.1 Å². The highest BCUT2D eigenvalue weighted by Gasteiger charge is 2.15. The molecule has 0 aliphatic rings. The number of methoxy groups -OCH3 is 1. The van der Waals surface area contributed by atoms with Gasteiger partial charge in [0.1, 0.15) is 5.75 Å². The molecular weight excluding hydrogens is 302 g/mol. The van der Waals surface area contributed by atoms with E-state index in [1.165, 1.54) is 7.11 Å². The summed E-state index contributed by atoms with van der Waals surface area (Å²) in [6.45, 7) is 1.84. The van der Waals surface area contributed by atoms with Crippen LogP contribution < -0.4 is 10.1 Å². The number of aryl methyl sites for hydroxylation is 1. The van der Waals surface area contributed by atoms with Crippen molar-refractivity contribution in [3.8, 4) is 5.75 Å². The number of hydrogen-bond acceptors (Lipinski definition) is 3. The molecule has 0 fully saturated rings. The lowest BCUT2D eigenvalue weighted by atomic mass is 10.1. The van der Waals surface area contributed by atoms with Gasteiger partial charge in [0.05, 0.1) is 25.3 Å². The first-order valence-electron chi connectivity index (χ1n) is 6.88. The van der Waals surface area contributed by atoms with Crippen LogP contribution in [-0.4, -0.2) is 18.1 Å². The molecule has 0 heterocycles. The molecule has 2 N–H and O–H groups in total. The van der Waals surface area contributed by atoms with Crippen molar-refractivity contribution in [3.05, 3.63) is 58.6 Å². The van der Waals surface area contributed by atoms with Crippen molar-refractivity contribution >= 4 is 23.2 Å². The Morgan fingerprint density at radius 3 is 2.64 bits per heavy atom. The van der Waals surface area contributed by atoms with Crippen molar-refractivity contribution in [1.29, 1.82) is 0 Å². The molecule has 0 radical (unpaired) electrons. The number of carbonyl (C=O) groups excluding carboxylic acids is 1. The molecule has 0 spiro atoms. The van der Waals surface area contributed by atoms with Crippen LogP contribution in [0, 0.1) is 6.92 Å². The van der Waals surface area contributed by atoms with Crippen molar-refractivity contribution in [3.63, 3.8) is 0 Å². The molecule has 0 saturated carbocycles. The molecular formula is C17H18ClNO3. The van der Waals surface area contributed by atoms with Gasteiger partial charge in [-0.1, -0.05) is 41.9 Å². The van der Waals surface area contributed by atoms with Crippen LogP contribution in [0.4, 0.5) is 5.69 Å². The van der Waals surface area contributed by atoms with E-state index >= 15 is 0 Å². The van der Waals surface area contributed by atoms with Gasteiger partial charge >= 0.3 is 0 Å². The highest BCUT2D eigenvalue weighted by atomic mass is 35.5. The molecule has 0 aliphatic carbocycles. The van der Waals surface area contributed by atoms with Gasteiger partial charge in [0.2, 0.25) is 5.91 Å². The molecule has 0 bridgehead atoms. The Morgan fingerprint density at radius 1 is 1.32 bits per heavy atom. The van der Waals surface area contributed by atoms with Crippen molar-refractivity contribution < 1.29 is 14.6 Å². The molecule has 2 aromatic carbocycles. The second-order valence-corrected chi connectivity index (χ2v) is 5.39. The molecule has 22 heavy (non-hydrogen) atoms. The predicted molar refractivity (Wildman–Crippen MR) is 87.4 cm³/mol. The largest absolute Gasteiger partial charge is 0.495 e. The Hall–Kier alpha value is -2.04. The summed E-state index contributed by atoms with van der Waals surface area (Å²) in [7, 11) is 1.51. The third-order valence-corrected chi connectivity index (χ3v) is 3.73. The van der Waals surface area contributed by atoms with Gasteiger partial charge in [-0.3, -0.25) is 4.79 Å². The first kappa shape index (κ1) is 16.3. The quantitative estimate of drug-likeness (QED) is 0.883. The van der Waals surface area contributed by atoms with Crippen molar-refractivity contribution in [2.45, 2.75) is 19.4 Å². The molecule has 116 valence electrons. The van der Waals surface area contributed by atoms with Crippen LogP contribution in [0.5, 0.6) is 5.75 Å². The van der Waals surface area contributed by atoms with Crippen LogP contribution >= 0.6 is 11.6 Å². The number of halogens is 1. The lowest BCUT2D eigenvalue weighted by Crippen LogP contribution is -2.16. The molecule has 1 atom stereocenters. The van der Waals surface area contributed by atoms with Gasteiger partial charge in [-0.2, -0.15) is 0 Å². The normalized spacial score (nSPS) is 11.8.